The second kappa shape index (κ2) is 3.75. The third-order valence-electron chi connectivity index (χ3n) is 1.90. The van der Waals surface area contributed by atoms with Crippen molar-refractivity contribution in [2.24, 2.45) is 5.73 Å². The molecule has 0 aliphatic rings. The van der Waals surface area contributed by atoms with E-state index >= 15 is 0 Å². The van der Waals surface area contributed by atoms with Crippen LogP contribution in [0, 0.1) is 0 Å². The Bertz CT molecular complexity index is 322. The van der Waals surface area contributed by atoms with E-state index in [-0.39, 0.29) is 11.1 Å². The number of hydrogen-bond donors (Lipinski definition) is 1. The van der Waals surface area contributed by atoms with Crippen molar-refractivity contribution in [3.63, 3.8) is 0 Å². The van der Waals surface area contributed by atoms with E-state index in [9.17, 15) is 4.79 Å². The van der Waals surface area contributed by atoms with Gasteiger partial charge in [-0.05, 0) is 26.3 Å². The van der Waals surface area contributed by atoms with Crippen LogP contribution in [-0.2, 0) is 6.54 Å². The smallest absolute Gasteiger partial charge is 0.250 e. The predicted octanol–water partition coefficient (Wildman–Crippen LogP) is 0.976. The molecule has 72 valence electrons. The molecule has 0 saturated heterocycles. The van der Waals surface area contributed by atoms with Gasteiger partial charge in [-0.3, -0.25) is 4.79 Å². The molecule has 0 amide bonds. The highest BCUT2D eigenvalue weighted by molar-refractivity contribution is 4.93. The second-order valence-corrected chi connectivity index (χ2v) is 3.97. The summed E-state index contributed by atoms with van der Waals surface area (Å²) in [6.45, 7) is 4.60. The van der Waals surface area contributed by atoms with Gasteiger partial charge in [-0.15, -0.1) is 0 Å². The molecule has 0 radical (unpaired) electrons. The lowest BCUT2D eigenvalue weighted by Gasteiger charge is -2.18. The molecule has 0 aliphatic carbocycles. The van der Waals surface area contributed by atoms with Crippen molar-refractivity contribution in [1.82, 2.24) is 4.57 Å². The number of pyridine rings is 1. The SMILES string of the molecule is CC(C)(N)CCn1ccccc1=O. The lowest BCUT2D eigenvalue weighted by Crippen LogP contribution is -2.34. The van der Waals surface area contributed by atoms with Gasteiger partial charge in [0.15, 0.2) is 0 Å². The second-order valence-electron chi connectivity index (χ2n) is 3.97. The lowest BCUT2D eigenvalue weighted by molar-refractivity contribution is 0.432. The van der Waals surface area contributed by atoms with Crippen LogP contribution in [0.3, 0.4) is 0 Å². The third kappa shape index (κ3) is 3.42. The Hall–Kier alpha value is -1.09. The molecular weight excluding hydrogens is 164 g/mol. The van der Waals surface area contributed by atoms with E-state index in [1.54, 1.807) is 22.9 Å². The lowest BCUT2D eigenvalue weighted by atomic mass is 10.0. The molecule has 0 spiro atoms. The van der Waals surface area contributed by atoms with Crippen LogP contribution in [0.25, 0.3) is 0 Å². The third-order valence-corrected chi connectivity index (χ3v) is 1.90. The quantitative estimate of drug-likeness (QED) is 0.753. The molecule has 0 saturated carbocycles. The van der Waals surface area contributed by atoms with Crippen LogP contribution >= 0.6 is 0 Å². The highest BCUT2D eigenvalue weighted by atomic mass is 16.1. The van der Waals surface area contributed by atoms with Crippen LogP contribution in [0.1, 0.15) is 20.3 Å². The summed E-state index contributed by atoms with van der Waals surface area (Å²) in [6, 6.07) is 5.15. The maximum absolute atomic E-state index is 11.3. The van der Waals surface area contributed by atoms with Gasteiger partial charge in [0, 0.05) is 24.3 Å². The van der Waals surface area contributed by atoms with Crippen molar-refractivity contribution < 1.29 is 0 Å². The molecule has 0 unspecified atom stereocenters. The Balaban J connectivity index is 2.66. The van der Waals surface area contributed by atoms with Crippen molar-refractivity contribution in [1.29, 1.82) is 0 Å². The highest BCUT2D eigenvalue weighted by Crippen LogP contribution is 2.04. The molecule has 0 atom stereocenters. The van der Waals surface area contributed by atoms with E-state index in [0.717, 1.165) is 6.42 Å². The van der Waals surface area contributed by atoms with Crippen LogP contribution in [-0.4, -0.2) is 10.1 Å². The van der Waals surface area contributed by atoms with Gasteiger partial charge in [-0.1, -0.05) is 6.07 Å². The Morgan fingerprint density at radius 2 is 2.15 bits per heavy atom. The van der Waals surface area contributed by atoms with Crippen LogP contribution < -0.4 is 11.3 Å². The number of aromatic nitrogens is 1. The summed E-state index contributed by atoms with van der Waals surface area (Å²) in [5, 5.41) is 0. The summed E-state index contributed by atoms with van der Waals surface area (Å²) in [5.74, 6) is 0. The fourth-order valence-corrected chi connectivity index (χ4v) is 1.05. The standard InChI is InChI=1S/C10H16N2O/c1-10(2,11)6-8-12-7-4-3-5-9(12)13/h3-5,7H,6,8,11H2,1-2H3. The first-order valence-electron chi connectivity index (χ1n) is 4.43. The summed E-state index contributed by atoms with van der Waals surface area (Å²) in [6.07, 6.45) is 2.59. The first kappa shape index (κ1) is 9.99. The highest BCUT2D eigenvalue weighted by Gasteiger charge is 2.09. The van der Waals surface area contributed by atoms with Crippen molar-refractivity contribution in [2.75, 3.05) is 0 Å². The molecule has 13 heavy (non-hydrogen) atoms. The van der Waals surface area contributed by atoms with Crippen LogP contribution in [0.4, 0.5) is 0 Å². The molecule has 1 heterocycles. The number of rotatable bonds is 3. The van der Waals surface area contributed by atoms with E-state index < -0.39 is 0 Å². The van der Waals surface area contributed by atoms with Gasteiger partial charge < -0.3 is 10.3 Å². The van der Waals surface area contributed by atoms with Gasteiger partial charge in [0.1, 0.15) is 0 Å². The molecule has 3 heteroatoms. The Morgan fingerprint density at radius 3 is 2.69 bits per heavy atom. The van der Waals surface area contributed by atoms with E-state index in [0.29, 0.717) is 6.54 Å². The van der Waals surface area contributed by atoms with Crippen molar-refractivity contribution in [2.45, 2.75) is 32.4 Å². The Morgan fingerprint density at radius 1 is 1.46 bits per heavy atom. The fraction of sp³-hybridized carbons (Fsp3) is 0.500. The minimum atomic E-state index is -0.213. The van der Waals surface area contributed by atoms with Crippen LogP contribution in [0.15, 0.2) is 29.2 Å². The maximum Gasteiger partial charge on any atom is 0.250 e. The van der Waals surface area contributed by atoms with Gasteiger partial charge in [0.05, 0.1) is 0 Å². The summed E-state index contributed by atoms with van der Waals surface area (Å²) < 4.78 is 1.68. The van der Waals surface area contributed by atoms with E-state index in [4.69, 9.17) is 5.73 Å². The van der Waals surface area contributed by atoms with Gasteiger partial charge in [-0.25, -0.2) is 0 Å². The monoisotopic (exact) mass is 180 g/mol. The number of aryl methyl sites for hydroxylation is 1. The van der Waals surface area contributed by atoms with Gasteiger partial charge in [0.25, 0.3) is 0 Å². The predicted molar refractivity (Wildman–Crippen MR) is 53.6 cm³/mol. The van der Waals surface area contributed by atoms with Crippen molar-refractivity contribution in [3.05, 3.63) is 34.7 Å². The number of nitrogens with two attached hydrogens (primary N) is 1. The van der Waals surface area contributed by atoms with E-state index in [2.05, 4.69) is 0 Å². The van der Waals surface area contributed by atoms with Crippen LogP contribution in [0.2, 0.25) is 0 Å². The Kier molecular flexibility index (Phi) is 2.88. The minimum absolute atomic E-state index is 0.0340. The molecule has 0 fully saturated rings. The molecule has 0 bridgehead atoms. The molecule has 1 aromatic heterocycles. The van der Waals surface area contributed by atoms with Gasteiger partial charge in [0.2, 0.25) is 5.56 Å². The molecule has 1 rings (SSSR count). The summed E-state index contributed by atoms with van der Waals surface area (Å²) in [7, 11) is 0. The minimum Gasteiger partial charge on any atom is -0.325 e. The average Bonchev–Trinajstić information content (AvgIpc) is 2.01. The normalized spacial score (nSPS) is 11.6. The van der Waals surface area contributed by atoms with Gasteiger partial charge in [-0.2, -0.15) is 0 Å². The van der Waals surface area contributed by atoms with E-state index in [1.807, 2.05) is 19.9 Å². The molecule has 0 aliphatic heterocycles. The van der Waals surface area contributed by atoms with Crippen LogP contribution in [0.5, 0.6) is 0 Å². The fourth-order valence-electron chi connectivity index (χ4n) is 1.05. The van der Waals surface area contributed by atoms with Crippen molar-refractivity contribution >= 4 is 0 Å². The molecule has 3 nitrogen and oxygen atoms in total. The zero-order valence-corrected chi connectivity index (χ0v) is 8.16. The zero-order valence-electron chi connectivity index (χ0n) is 8.16. The van der Waals surface area contributed by atoms with Gasteiger partial charge >= 0.3 is 0 Å². The maximum atomic E-state index is 11.3. The number of hydrogen-bond acceptors (Lipinski definition) is 2. The largest absolute Gasteiger partial charge is 0.325 e. The topological polar surface area (TPSA) is 48.0 Å². The zero-order chi connectivity index (χ0) is 9.90. The molecular formula is C10H16N2O. The summed E-state index contributed by atoms with van der Waals surface area (Å²) in [5.41, 5.74) is 5.64. The summed E-state index contributed by atoms with van der Waals surface area (Å²) >= 11 is 0. The average molecular weight is 180 g/mol. The van der Waals surface area contributed by atoms with Crippen molar-refractivity contribution in [3.8, 4) is 0 Å². The Labute approximate surface area is 78.2 Å². The first-order chi connectivity index (χ1) is 5.99. The first-order valence-corrected chi connectivity index (χ1v) is 4.43. The molecule has 2 N–H and O–H groups in total. The summed E-state index contributed by atoms with van der Waals surface area (Å²) in [4.78, 5) is 11.3. The number of nitrogens with zero attached hydrogens (tertiary/aromatic N) is 1. The van der Waals surface area contributed by atoms with E-state index in [1.165, 1.54) is 0 Å². The molecule has 0 aromatic carbocycles. The molecule has 1 aromatic rings.